The summed E-state index contributed by atoms with van der Waals surface area (Å²) in [7, 11) is 1.53. The van der Waals surface area contributed by atoms with Gasteiger partial charge in [0.25, 0.3) is 0 Å². The van der Waals surface area contributed by atoms with Gasteiger partial charge in [0.1, 0.15) is 0 Å². The lowest BCUT2D eigenvalue weighted by atomic mass is 10.4. The van der Waals surface area contributed by atoms with Crippen LogP contribution in [0.25, 0.3) is 0 Å². The molecule has 1 amide bonds. The molecule has 7 heavy (non-hydrogen) atoms. The number of methoxy groups -OCH3 is 1. The summed E-state index contributed by atoms with van der Waals surface area (Å²) in [4.78, 5) is 9.90. The van der Waals surface area contributed by atoms with Crippen LogP contribution >= 0.6 is 0 Å². The Morgan fingerprint density at radius 1 is 1.86 bits per heavy atom. The van der Waals surface area contributed by atoms with E-state index in [4.69, 9.17) is 5.73 Å². The van der Waals surface area contributed by atoms with Crippen molar-refractivity contribution in [3.05, 3.63) is 0 Å². The second-order valence-corrected chi connectivity index (χ2v) is 1.21. The van der Waals surface area contributed by atoms with Crippen molar-refractivity contribution in [2.45, 2.75) is 6.42 Å². The van der Waals surface area contributed by atoms with E-state index >= 15 is 0 Å². The highest BCUT2D eigenvalue weighted by Crippen LogP contribution is 1.74. The van der Waals surface area contributed by atoms with Crippen molar-refractivity contribution < 1.29 is 9.53 Å². The zero-order chi connectivity index (χ0) is 5.70. The minimum atomic E-state index is -0.318. The molecule has 0 bridgehead atoms. The predicted molar refractivity (Wildman–Crippen MR) is 25.7 cm³/mol. The summed E-state index contributed by atoms with van der Waals surface area (Å²) in [5.74, 6) is -0.318. The van der Waals surface area contributed by atoms with Gasteiger partial charge in [-0.25, -0.2) is 0 Å². The first-order valence-electron chi connectivity index (χ1n) is 2.04. The molecule has 2 N–H and O–H groups in total. The van der Waals surface area contributed by atoms with Gasteiger partial charge >= 0.3 is 0 Å². The largest absolute Gasteiger partial charge is 0.384 e. The summed E-state index contributed by atoms with van der Waals surface area (Å²) in [6.45, 7) is 0.426. The van der Waals surface area contributed by atoms with E-state index in [0.717, 1.165) is 0 Å². The van der Waals surface area contributed by atoms with Crippen LogP contribution in [0.3, 0.4) is 0 Å². The van der Waals surface area contributed by atoms with Gasteiger partial charge < -0.3 is 10.5 Å². The maximum Gasteiger partial charge on any atom is 0.219 e. The van der Waals surface area contributed by atoms with Gasteiger partial charge in [0.15, 0.2) is 0 Å². The number of carbonyl (C=O) groups excluding carboxylic acids is 1. The topological polar surface area (TPSA) is 52.3 Å². The molecule has 0 rings (SSSR count). The van der Waals surface area contributed by atoms with E-state index in [2.05, 4.69) is 4.74 Å². The van der Waals surface area contributed by atoms with Crippen molar-refractivity contribution in [3.63, 3.8) is 0 Å². The van der Waals surface area contributed by atoms with E-state index in [1.807, 2.05) is 0 Å². The fourth-order valence-electron chi connectivity index (χ4n) is 0.203. The molecule has 3 heteroatoms. The van der Waals surface area contributed by atoms with Crippen LogP contribution in [-0.2, 0) is 9.53 Å². The second kappa shape index (κ2) is 3.61. The Hall–Kier alpha value is -0.570. The molecular formula is C4H9NO2. The average Bonchev–Trinajstić information content (AvgIpc) is 1.61. The van der Waals surface area contributed by atoms with Crippen LogP contribution in [0.5, 0.6) is 0 Å². The van der Waals surface area contributed by atoms with Crippen molar-refractivity contribution in [1.29, 1.82) is 0 Å². The zero-order valence-corrected chi connectivity index (χ0v) is 4.31. The predicted octanol–water partition coefficient (Wildman–Crippen LogP) is -0.492. The fourth-order valence-corrected chi connectivity index (χ4v) is 0.203. The molecule has 0 saturated carbocycles. The maximum atomic E-state index is 9.90. The van der Waals surface area contributed by atoms with Crippen molar-refractivity contribution in [1.82, 2.24) is 0 Å². The number of amides is 1. The summed E-state index contributed by atoms with van der Waals surface area (Å²) in [6, 6.07) is 0. The fraction of sp³-hybridized carbons (Fsp3) is 0.750. The highest BCUT2D eigenvalue weighted by molar-refractivity contribution is 5.73. The minimum absolute atomic E-state index is 0.316. The minimum Gasteiger partial charge on any atom is -0.384 e. The molecule has 0 radical (unpaired) electrons. The lowest BCUT2D eigenvalue weighted by Crippen LogP contribution is -2.12. The third-order valence-corrected chi connectivity index (χ3v) is 0.553. The van der Waals surface area contributed by atoms with Crippen molar-refractivity contribution in [2.24, 2.45) is 5.73 Å². The van der Waals surface area contributed by atoms with Crippen molar-refractivity contribution in [3.8, 4) is 0 Å². The standard InChI is InChI=1S/C4H9NO2/c1-7-3-2-4(5)6/h2-3H2,1H3,(H2,5,6). The molecule has 0 aliphatic carbocycles. The van der Waals surface area contributed by atoms with Crippen LogP contribution in [0.4, 0.5) is 0 Å². The molecule has 0 spiro atoms. The van der Waals surface area contributed by atoms with E-state index in [1.54, 1.807) is 0 Å². The van der Waals surface area contributed by atoms with Gasteiger partial charge in [0, 0.05) is 13.5 Å². The third kappa shape index (κ3) is 5.43. The van der Waals surface area contributed by atoms with Gasteiger partial charge in [-0.05, 0) is 0 Å². The first-order chi connectivity index (χ1) is 3.27. The monoisotopic (exact) mass is 103 g/mol. The highest BCUT2D eigenvalue weighted by Gasteiger charge is 1.88. The molecule has 0 atom stereocenters. The summed E-state index contributed by atoms with van der Waals surface area (Å²) >= 11 is 0. The normalized spacial score (nSPS) is 8.71. The van der Waals surface area contributed by atoms with Gasteiger partial charge in [-0.1, -0.05) is 0 Å². The molecule has 0 aliphatic heterocycles. The molecule has 0 heterocycles. The lowest BCUT2D eigenvalue weighted by Gasteiger charge is -1.89. The number of hydrogen-bond acceptors (Lipinski definition) is 2. The molecule has 0 aliphatic rings. The lowest BCUT2D eigenvalue weighted by molar-refractivity contribution is -0.118. The van der Waals surface area contributed by atoms with Crippen LogP contribution in [0.1, 0.15) is 6.42 Å². The molecule has 0 fully saturated rings. The molecule has 0 unspecified atom stereocenters. The van der Waals surface area contributed by atoms with Gasteiger partial charge in [-0.3, -0.25) is 4.79 Å². The Kier molecular flexibility index (Phi) is 3.32. The van der Waals surface area contributed by atoms with Gasteiger partial charge in [-0.2, -0.15) is 0 Å². The summed E-state index contributed by atoms with van der Waals surface area (Å²) < 4.78 is 4.55. The second-order valence-electron chi connectivity index (χ2n) is 1.21. The quantitative estimate of drug-likeness (QED) is 0.524. The Morgan fingerprint density at radius 2 is 2.43 bits per heavy atom. The molecule has 0 aromatic heterocycles. The first kappa shape index (κ1) is 6.43. The summed E-state index contributed by atoms with van der Waals surface area (Å²) in [6.07, 6.45) is 0.316. The molecule has 42 valence electrons. The van der Waals surface area contributed by atoms with Crippen molar-refractivity contribution >= 4 is 5.91 Å². The molecule has 0 aromatic carbocycles. The van der Waals surface area contributed by atoms with E-state index in [0.29, 0.717) is 13.0 Å². The van der Waals surface area contributed by atoms with E-state index in [9.17, 15) is 4.79 Å². The summed E-state index contributed by atoms with van der Waals surface area (Å²) in [5.41, 5.74) is 4.76. The van der Waals surface area contributed by atoms with E-state index in [1.165, 1.54) is 7.11 Å². The molecule has 0 saturated heterocycles. The van der Waals surface area contributed by atoms with Crippen LogP contribution < -0.4 is 5.73 Å². The van der Waals surface area contributed by atoms with Crippen LogP contribution in [0.2, 0.25) is 0 Å². The Morgan fingerprint density at radius 3 is 2.57 bits per heavy atom. The van der Waals surface area contributed by atoms with Crippen LogP contribution in [0.15, 0.2) is 0 Å². The Labute approximate surface area is 42.4 Å². The molecular weight excluding hydrogens is 94.0 g/mol. The summed E-state index contributed by atoms with van der Waals surface area (Å²) in [5, 5.41) is 0. The number of rotatable bonds is 3. The number of ether oxygens (including phenoxy) is 1. The number of primary amides is 1. The third-order valence-electron chi connectivity index (χ3n) is 0.553. The Balaban J connectivity index is 2.82. The number of hydrogen-bond donors (Lipinski definition) is 1. The van der Waals surface area contributed by atoms with E-state index < -0.39 is 0 Å². The van der Waals surface area contributed by atoms with Crippen molar-refractivity contribution in [2.75, 3.05) is 13.7 Å². The average molecular weight is 103 g/mol. The molecule has 0 aromatic rings. The van der Waals surface area contributed by atoms with Gasteiger partial charge in [0.05, 0.1) is 6.61 Å². The zero-order valence-electron chi connectivity index (χ0n) is 4.31. The molecule has 3 nitrogen and oxygen atoms in total. The first-order valence-corrected chi connectivity index (χ1v) is 2.04. The Bertz CT molecular complexity index is 62.7. The maximum absolute atomic E-state index is 9.90. The SMILES string of the molecule is COCCC(N)=O. The van der Waals surface area contributed by atoms with Gasteiger partial charge in [0.2, 0.25) is 5.91 Å². The smallest absolute Gasteiger partial charge is 0.219 e. The van der Waals surface area contributed by atoms with Crippen LogP contribution in [0, 0.1) is 0 Å². The number of carbonyl (C=O) groups is 1. The van der Waals surface area contributed by atoms with Gasteiger partial charge in [-0.15, -0.1) is 0 Å². The number of nitrogens with two attached hydrogens (primary N) is 1. The highest BCUT2D eigenvalue weighted by atomic mass is 16.5. The van der Waals surface area contributed by atoms with E-state index in [-0.39, 0.29) is 5.91 Å². The van der Waals surface area contributed by atoms with Crippen LogP contribution in [-0.4, -0.2) is 19.6 Å².